The average molecular weight is 1030 g/mol. The lowest BCUT2D eigenvalue weighted by atomic mass is 9.67. The van der Waals surface area contributed by atoms with E-state index in [0.717, 1.165) is 5.69 Å². The molecule has 0 saturated heterocycles. The van der Waals surface area contributed by atoms with E-state index in [1.165, 1.54) is 138 Å². The van der Waals surface area contributed by atoms with Gasteiger partial charge in [0.15, 0.2) is 0 Å². The van der Waals surface area contributed by atoms with Gasteiger partial charge in [-0.1, -0.05) is 255 Å². The molecule has 378 valence electrons. The van der Waals surface area contributed by atoms with Crippen LogP contribution in [0.5, 0.6) is 0 Å². The Morgan fingerprint density at radius 1 is 0.210 bits per heavy atom. The Kier molecular flexibility index (Phi) is 10.8. The summed E-state index contributed by atoms with van der Waals surface area (Å²) in [6.07, 6.45) is 0. The molecule has 15 aromatic rings. The number of rotatable bonds is 9. The Bertz CT molecular complexity index is 4840. The van der Waals surface area contributed by atoms with Gasteiger partial charge in [-0.15, -0.1) is 0 Å². The second kappa shape index (κ2) is 18.8. The number of nitrogens with zero attached hydrogens (tertiary/aromatic N) is 2. The summed E-state index contributed by atoms with van der Waals surface area (Å²) in [5, 5.41) is 4.97. The molecule has 13 aromatic carbocycles. The molecule has 2 nitrogen and oxygen atoms in total. The van der Waals surface area contributed by atoms with Gasteiger partial charge in [-0.3, -0.25) is 0 Å². The zero-order chi connectivity index (χ0) is 53.4. The maximum absolute atomic E-state index is 2.45. The van der Waals surface area contributed by atoms with Gasteiger partial charge in [-0.25, -0.2) is 0 Å². The quantitative estimate of drug-likeness (QED) is 0.136. The molecule has 2 aromatic heterocycles. The Hall–Kier alpha value is -10.5. The largest absolute Gasteiger partial charge is 0.309 e. The van der Waals surface area contributed by atoms with Crippen molar-refractivity contribution in [3.63, 3.8) is 0 Å². The zero-order valence-electron chi connectivity index (χ0n) is 44.4. The summed E-state index contributed by atoms with van der Waals surface area (Å²) in [6, 6.07) is 116. The third kappa shape index (κ3) is 7.42. The van der Waals surface area contributed by atoms with Crippen LogP contribution in [0, 0.1) is 0 Å². The van der Waals surface area contributed by atoms with Crippen molar-refractivity contribution in [2.45, 2.75) is 5.41 Å². The summed E-state index contributed by atoms with van der Waals surface area (Å²) >= 11 is 0. The number of benzene rings is 13. The maximum Gasteiger partial charge on any atom is 0.0713 e. The molecule has 0 N–H and O–H groups in total. The highest BCUT2D eigenvalue weighted by Crippen LogP contribution is 2.56. The van der Waals surface area contributed by atoms with E-state index in [0.29, 0.717) is 0 Å². The van der Waals surface area contributed by atoms with E-state index in [-0.39, 0.29) is 0 Å². The average Bonchev–Trinajstić information content (AvgIpc) is 4.35. The molecule has 1 aliphatic rings. The number of para-hydroxylation sites is 4. The van der Waals surface area contributed by atoms with Crippen LogP contribution in [0.3, 0.4) is 0 Å². The fourth-order valence-electron chi connectivity index (χ4n) is 13.5. The minimum absolute atomic E-state index is 0.492. The van der Waals surface area contributed by atoms with Gasteiger partial charge in [-0.05, 0) is 144 Å². The zero-order valence-corrected chi connectivity index (χ0v) is 44.4. The number of hydrogen-bond acceptors (Lipinski definition) is 0. The van der Waals surface area contributed by atoms with Crippen LogP contribution in [0.2, 0.25) is 0 Å². The van der Waals surface area contributed by atoms with Crippen LogP contribution < -0.4 is 0 Å². The first-order chi connectivity index (χ1) is 40.2. The molecular formula is C79H52N2. The van der Waals surface area contributed by atoms with Crippen molar-refractivity contribution in [2.24, 2.45) is 0 Å². The smallest absolute Gasteiger partial charge is 0.0713 e. The summed E-state index contributed by atoms with van der Waals surface area (Å²) in [5.41, 5.74) is 26.3. The molecule has 0 fully saturated rings. The Labute approximate surface area is 471 Å². The summed E-state index contributed by atoms with van der Waals surface area (Å²) in [7, 11) is 0. The van der Waals surface area contributed by atoms with Crippen molar-refractivity contribution in [1.82, 2.24) is 9.13 Å². The second-order valence-corrected chi connectivity index (χ2v) is 21.5. The molecule has 0 bridgehead atoms. The number of fused-ring (bicyclic) bond motifs is 9. The molecule has 2 heteroatoms. The molecule has 2 heterocycles. The van der Waals surface area contributed by atoms with Gasteiger partial charge >= 0.3 is 0 Å². The van der Waals surface area contributed by atoms with Gasteiger partial charge in [0.1, 0.15) is 0 Å². The topological polar surface area (TPSA) is 9.86 Å². The van der Waals surface area contributed by atoms with E-state index >= 15 is 0 Å². The summed E-state index contributed by atoms with van der Waals surface area (Å²) in [4.78, 5) is 0. The van der Waals surface area contributed by atoms with Crippen LogP contribution in [0.15, 0.2) is 315 Å². The molecular weight excluding hydrogens is 977 g/mol. The number of aromatic nitrogens is 2. The highest BCUT2D eigenvalue weighted by atomic mass is 15.0. The lowest BCUT2D eigenvalue weighted by molar-refractivity contribution is 0.769. The van der Waals surface area contributed by atoms with E-state index in [4.69, 9.17) is 0 Å². The standard InChI is InChI=1S/C79H52N2/c1-3-18-53(19-4-1)56-42-46-62(47-43-56)79(72-29-12-7-25-66(72)67-26-8-13-30-73(67)79)63-21-17-20-59(50-63)57-36-34-54(35-37-57)55-38-40-58(41-39-55)65-24-9-14-31-74(65)81-76-33-16-11-28-69(76)71-52-61(45-49-78(71)81)60-44-48-77-70(51-60)68-27-10-15-32-75(68)80(77)64-22-5-2-6-23-64/h1-52H. The fraction of sp³-hybridized carbons (Fsp3) is 0.0127. The van der Waals surface area contributed by atoms with E-state index in [1.54, 1.807) is 0 Å². The van der Waals surface area contributed by atoms with Crippen molar-refractivity contribution in [2.75, 3.05) is 0 Å². The van der Waals surface area contributed by atoms with Crippen LogP contribution >= 0.6 is 0 Å². The summed E-state index contributed by atoms with van der Waals surface area (Å²) in [5.74, 6) is 0. The molecule has 81 heavy (non-hydrogen) atoms. The van der Waals surface area contributed by atoms with E-state index < -0.39 is 5.41 Å². The van der Waals surface area contributed by atoms with Crippen molar-refractivity contribution < 1.29 is 0 Å². The van der Waals surface area contributed by atoms with Gasteiger partial charge in [-0.2, -0.15) is 0 Å². The van der Waals surface area contributed by atoms with Crippen molar-refractivity contribution in [3.05, 3.63) is 338 Å². The van der Waals surface area contributed by atoms with Crippen LogP contribution in [0.4, 0.5) is 0 Å². The van der Waals surface area contributed by atoms with Crippen LogP contribution in [0.25, 0.3) is 122 Å². The molecule has 0 saturated carbocycles. The summed E-state index contributed by atoms with van der Waals surface area (Å²) < 4.78 is 4.83. The third-order valence-electron chi connectivity index (χ3n) is 17.3. The van der Waals surface area contributed by atoms with Crippen molar-refractivity contribution in [3.8, 4) is 78.1 Å². The highest BCUT2D eigenvalue weighted by molar-refractivity contribution is 6.13. The summed E-state index contributed by atoms with van der Waals surface area (Å²) in [6.45, 7) is 0. The molecule has 16 rings (SSSR count). The first kappa shape index (κ1) is 46.5. The Morgan fingerprint density at radius 2 is 0.605 bits per heavy atom. The predicted octanol–water partition coefficient (Wildman–Crippen LogP) is 20.6. The fourth-order valence-corrected chi connectivity index (χ4v) is 13.5. The van der Waals surface area contributed by atoms with E-state index in [2.05, 4.69) is 325 Å². The van der Waals surface area contributed by atoms with Gasteiger partial charge in [0, 0.05) is 32.8 Å². The molecule has 0 spiro atoms. The van der Waals surface area contributed by atoms with Gasteiger partial charge < -0.3 is 9.13 Å². The van der Waals surface area contributed by atoms with Crippen LogP contribution in [-0.2, 0) is 5.41 Å². The third-order valence-corrected chi connectivity index (χ3v) is 17.3. The molecule has 1 aliphatic carbocycles. The SMILES string of the molecule is c1ccc(-c2ccc(C3(c4cccc(-c5ccc(-c6ccc(-c7ccccc7-n7c8ccccc8c8cc(-c9ccc%10c(c9)c9ccccc9n%10-c9ccccc9)ccc87)cc6)cc5)c4)c4ccccc4-c4ccccc43)cc2)cc1. The van der Waals surface area contributed by atoms with Crippen molar-refractivity contribution in [1.29, 1.82) is 0 Å². The first-order valence-corrected chi connectivity index (χ1v) is 28.1. The Morgan fingerprint density at radius 3 is 1.21 bits per heavy atom. The van der Waals surface area contributed by atoms with Crippen molar-refractivity contribution >= 4 is 43.6 Å². The van der Waals surface area contributed by atoms with Gasteiger partial charge in [0.05, 0.1) is 33.2 Å². The van der Waals surface area contributed by atoms with E-state index in [1.807, 2.05) is 0 Å². The molecule has 0 aliphatic heterocycles. The van der Waals surface area contributed by atoms with Crippen LogP contribution in [0.1, 0.15) is 22.3 Å². The monoisotopic (exact) mass is 1030 g/mol. The lowest BCUT2D eigenvalue weighted by Gasteiger charge is -2.34. The van der Waals surface area contributed by atoms with Gasteiger partial charge in [0.25, 0.3) is 0 Å². The maximum atomic E-state index is 2.45. The normalized spacial score (nSPS) is 12.5. The second-order valence-electron chi connectivity index (χ2n) is 21.5. The molecule has 0 radical (unpaired) electrons. The molecule has 0 atom stereocenters. The van der Waals surface area contributed by atoms with Crippen LogP contribution in [-0.4, -0.2) is 9.13 Å². The molecule has 0 unspecified atom stereocenters. The predicted molar refractivity (Wildman–Crippen MR) is 340 cm³/mol. The van der Waals surface area contributed by atoms with Gasteiger partial charge in [0.2, 0.25) is 0 Å². The lowest BCUT2D eigenvalue weighted by Crippen LogP contribution is -2.28. The Balaban J connectivity index is 0.722. The molecule has 0 amide bonds. The first-order valence-electron chi connectivity index (χ1n) is 28.1. The number of hydrogen-bond donors (Lipinski definition) is 0. The van der Waals surface area contributed by atoms with E-state index in [9.17, 15) is 0 Å². The minimum atomic E-state index is -0.492. The highest BCUT2D eigenvalue weighted by Gasteiger charge is 2.46. The minimum Gasteiger partial charge on any atom is -0.309 e.